The Labute approximate surface area is 218 Å². The van der Waals surface area contributed by atoms with Crippen molar-refractivity contribution in [2.45, 2.75) is 13.3 Å². The summed E-state index contributed by atoms with van der Waals surface area (Å²) in [5, 5.41) is 1.99. The summed E-state index contributed by atoms with van der Waals surface area (Å²) in [6, 6.07) is 22.5. The summed E-state index contributed by atoms with van der Waals surface area (Å²) in [6.45, 7) is 6.57. The Morgan fingerprint density at radius 2 is 1.65 bits per heavy atom. The highest BCUT2D eigenvalue weighted by atomic mass is 16.5. The van der Waals surface area contributed by atoms with Crippen LogP contribution in [0.3, 0.4) is 0 Å². The van der Waals surface area contributed by atoms with Crippen LogP contribution in [-0.4, -0.2) is 62.7 Å². The summed E-state index contributed by atoms with van der Waals surface area (Å²) in [5.41, 5.74) is 6.88. The van der Waals surface area contributed by atoms with E-state index >= 15 is 0 Å². The van der Waals surface area contributed by atoms with Gasteiger partial charge in [0.05, 0.1) is 18.5 Å². The summed E-state index contributed by atoms with van der Waals surface area (Å²) in [5.74, 6) is 0.922. The van der Waals surface area contributed by atoms with E-state index in [1.54, 1.807) is 7.11 Å². The molecule has 2 aliphatic heterocycles. The van der Waals surface area contributed by atoms with Crippen LogP contribution < -0.4 is 14.5 Å². The van der Waals surface area contributed by atoms with Gasteiger partial charge in [-0.25, -0.2) is 0 Å². The lowest BCUT2D eigenvalue weighted by Gasteiger charge is -2.35. The molecule has 0 aliphatic carbocycles. The number of hydrogen-bond donors (Lipinski definition) is 0. The minimum Gasteiger partial charge on any atom is -0.495 e. The number of carbonyl (C=O) groups excluding carboxylic acids is 1. The van der Waals surface area contributed by atoms with Crippen LogP contribution in [0, 0.1) is 6.92 Å². The van der Waals surface area contributed by atoms with Crippen molar-refractivity contribution in [3.8, 4) is 17.0 Å². The lowest BCUT2D eigenvalue weighted by Crippen LogP contribution is -2.44. The molecule has 0 N–H and O–H groups in total. The van der Waals surface area contributed by atoms with Crippen molar-refractivity contribution < 1.29 is 9.53 Å². The largest absolute Gasteiger partial charge is 0.495 e. The van der Waals surface area contributed by atoms with Gasteiger partial charge in [0.1, 0.15) is 5.75 Å². The van der Waals surface area contributed by atoms with Gasteiger partial charge in [-0.15, -0.1) is 0 Å². The van der Waals surface area contributed by atoms with E-state index < -0.39 is 0 Å². The second-order valence-corrected chi connectivity index (χ2v) is 10.0. The Morgan fingerprint density at radius 3 is 2.41 bits per heavy atom. The number of hydrogen-bond acceptors (Lipinski definition) is 5. The van der Waals surface area contributed by atoms with Crippen molar-refractivity contribution >= 4 is 28.1 Å². The average molecular weight is 493 g/mol. The first-order valence-corrected chi connectivity index (χ1v) is 13.0. The fraction of sp³-hybridized carbons (Fsp3) is 0.290. The summed E-state index contributed by atoms with van der Waals surface area (Å²) in [7, 11) is 3.89. The fourth-order valence-electron chi connectivity index (χ4n) is 5.62. The maximum absolute atomic E-state index is 14.1. The molecule has 0 spiro atoms. The predicted molar refractivity (Wildman–Crippen MR) is 150 cm³/mol. The van der Waals surface area contributed by atoms with Crippen molar-refractivity contribution in [3.05, 3.63) is 83.6 Å². The Balaban J connectivity index is 1.39. The molecule has 0 bridgehead atoms. The second-order valence-electron chi connectivity index (χ2n) is 10.0. The zero-order valence-corrected chi connectivity index (χ0v) is 21.7. The van der Waals surface area contributed by atoms with Crippen molar-refractivity contribution in [3.63, 3.8) is 0 Å². The van der Waals surface area contributed by atoms with Crippen LogP contribution in [0.1, 0.15) is 21.6 Å². The number of aromatic nitrogens is 1. The molecule has 6 nitrogen and oxygen atoms in total. The molecule has 2 aliphatic rings. The van der Waals surface area contributed by atoms with Crippen molar-refractivity contribution in [2.75, 3.05) is 56.7 Å². The monoisotopic (exact) mass is 492 g/mol. The predicted octanol–water partition coefficient (Wildman–Crippen LogP) is 5.17. The summed E-state index contributed by atoms with van der Waals surface area (Å²) < 4.78 is 5.79. The SMILES string of the molecule is COc1cc2c(cc1N1CCN(C)CC1)N(C(=O)c1ccc(-c3cccc(C)n3)c3ccccc13)CC2. The lowest BCUT2D eigenvalue weighted by molar-refractivity contribution is 0.0991. The maximum Gasteiger partial charge on any atom is 0.258 e. The molecule has 3 aromatic carbocycles. The number of carbonyl (C=O) groups is 1. The number of piperazine rings is 1. The van der Waals surface area contributed by atoms with Crippen molar-refractivity contribution in [2.24, 2.45) is 0 Å². The summed E-state index contributed by atoms with van der Waals surface area (Å²) in [6.07, 6.45) is 0.823. The van der Waals surface area contributed by atoms with E-state index in [0.717, 1.165) is 88.6 Å². The van der Waals surface area contributed by atoms with Crippen molar-refractivity contribution in [1.29, 1.82) is 0 Å². The quantitative estimate of drug-likeness (QED) is 0.393. The number of fused-ring (bicyclic) bond motifs is 2. The topological polar surface area (TPSA) is 48.9 Å². The first-order valence-electron chi connectivity index (χ1n) is 13.0. The number of methoxy groups -OCH3 is 1. The van der Waals surface area contributed by atoms with Gasteiger partial charge in [-0.2, -0.15) is 0 Å². The zero-order valence-electron chi connectivity index (χ0n) is 21.7. The van der Waals surface area contributed by atoms with Crippen LogP contribution in [0.2, 0.25) is 0 Å². The molecule has 1 amide bonds. The number of amides is 1. The molecule has 0 atom stereocenters. The average Bonchev–Trinajstić information content (AvgIpc) is 3.34. The van der Waals surface area contributed by atoms with Crippen LogP contribution in [-0.2, 0) is 6.42 Å². The lowest BCUT2D eigenvalue weighted by atomic mass is 9.96. The number of nitrogens with zero attached hydrogens (tertiary/aromatic N) is 4. The van der Waals surface area contributed by atoms with Gasteiger partial charge in [-0.1, -0.05) is 36.4 Å². The van der Waals surface area contributed by atoms with Crippen LogP contribution in [0.5, 0.6) is 5.75 Å². The van der Waals surface area contributed by atoms with Crippen LogP contribution >= 0.6 is 0 Å². The van der Waals surface area contributed by atoms with E-state index in [2.05, 4.69) is 35.0 Å². The van der Waals surface area contributed by atoms with Gasteiger partial charge in [-0.3, -0.25) is 9.78 Å². The maximum atomic E-state index is 14.1. The normalized spacial score (nSPS) is 15.8. The Morgan fingerprint density at radius 1 is 0.865 bits per heavy atom. The highest BCUT2D eigenvalue weighted by molar-refractivity contribution is 6.17. The third kappa shape index (κ3) is 4.21. The van der Waals surface area contributed by atoms with Crippen LogP contribution in [0.15, 0.2) is 66.7 Å². The summed E-state index contributed by atoms with van der Waals surface area (Å²) >= 11 is 0. The van der Waals surface area contributed by atoms with Gasteiger partial charge in [0.2, 0.25) is 0 Å². The van der Waals surface area contributed by atoms with E-state index in [9.17, 15) is 4.79 Å². The van der Waals surface area contributed by atoms with Crippen LogP contribution in [0.4, 0.5) is 11.4 Å². The first kappa shape index (κ1) is 23.5. The second kappa shape index (κ2) is 9.52. The molecule has 1 saturated heterocycles. The number of anilines is 2. The molecular formula is C31H32N4O2. The third-order valence-electron chi connectivity index (χ3n) is 7.68. The van der Waals surface area contributed by atoms with E-state index in [-0.39, 0.29) is 5.91 Å². The molecule has 3 heterocycles. The Kier molecular flexibility index (Phi) is 6.05. The molecular weight excluding hydrogens is 460 g/mol. The zero-order chi connectivity index (χ0) is 25.5. The van der Waals surface area contributed by atoms with Gasteiger partial charge in [-0.05, 0) is 67.1 Å². The summed E-state index contributed by atoms with van der Waals surface area (Å²) in [4.78, 5) is 25.5. The van der Waals surface area contributed by atoms with E-state index in [4.69, 9.17) is 9.72 Å². The molecule has 37 heavy (non-hydrogen) atoms. The molecule has 1 fully saturated rings. The van der Waals surface area contributed by atoms with E-state index in [1.807, 2.05) is 60.4 Å². The smallest absolute Gasteiger partial charge is 0.258 e. The highest BCUT2D eigenvalue weighted by Gasteiger charge is 2.30. The van der Waals surface area contributed by atoms with Gasteiger partial charge in [0.25, 0.3) is 5.91 Å². The minimum atomic E-state index is 0.0354. The van der Waals surface area contributed by atoms with Crippen molar-refractivity contribution in [1.82, 2.24) is 9.88 Å². The third-order valence-corrected chi connectivity index (χ3v) is 7.68. The molecule has 0 unspecified atom stereocenters. The van der Waals surface area contributed by atoms with Crippen LogP contribution in [0.25, 0.3) is 22.0 Å². The number of rotatable bonds is 4. The first-order chi connectivity index (χ1) is 18.0. The Hall–Kier alpha value is -3.90. The van der Waals surface area contributed by atoms with Gasteiger partial charge in [0, 0.05) is 55.2 Å². The highest BCUT2D eigenvalue weighted by Crippen LogP contribution is 2.41. The molecule has 0 saturated carbocycles. The number of aryl methyl sites for hydroxylation is 1. The Bertz CT molecular complexity index is 1490. The number of ether oxygens (including phenoxy) is 1. The number of pyridine rings is 1. The number of benzene rings is 3. The molecule has 6 heteroatoms. The van der Waals surface area contributed by atoms with Gasteiger partial charge in [0.15, 0.2) is 0 Å². The number of likely N-dealkylation sites (N-methyl/N-ethyl adjacent to an activating group) is 1. The standard InChI is InChI=1S/C31H32N4O2/c1-21-7-6-10-27(32-21)25-11-12-26(24-9-5-4-8-23(24)25)31(36)35-14-13-22-19-30(37-3)29(20-28(22)35)34-17-15-33(2)16-18-34/h4-12,19-20H,13-18H2,1-3H3. The van der Waals surface area contributed by atoms with E-state index in [1.165, 1.54) is 0 Å². The molecule has 1 aromatic heterocycles. The molecule has 0 radical (unpaired) electrons. The van der Waals surface area contributed by atoms with Gasteiger partial charge < -0.3 is 19.4 Å². The minimum absolute atomic E-state index is 0.0354. The van der Waals surface area contributed by atoms with E-state index in [0.29, 0.717) is 6.54 Å². The van der Waals surface area contributed by atoms with Gasteiger partial charge >= 0.3 is 0 Å². The fourth-order valence-corrected chi connectivity index (χ4v) is 5.62. The molecule has 188 valence electrons. The molecule has 6 rings (SSSR count). The molecule has 4 aromatic rings.